The van der Waals surface area contributed by atoms with Gasteiger partial charge in [0, 0.05) is 0 Å². The van der Waals surface area contributed by atoms with Crippen LogP contribution in [0.3, 0.4) is 0 Å². The van der Waals surface area contributed by atoms with Gasteiger partial charge in [0.15, 0.2) is 0 Å². The Bertz CT molecular complexity index is 111. The third-order valence-corrected chi connectivity index (χ3v) is 7.74. The first-order valence-corrected chi connectivity index (χ1v) is 7.93. The van der Waals surface area contributed by atoms with Crippen LogP contribution in [0.25, 0.3) is 0 Å². The van der Waals surface area contributed by atoms with E-state index in [1.54, 1.807) is 0 Å². The van der Waals surface area contributed by atoms with Gasteiger partial charge in [0.1, 0.15) is 0 Å². The van der Waals surface area contributed by atoms with E-state index >= 15 is 0 Å². The molecule has 2 aliphatic heterocycles. The molecule has 0 spiro atoms. The molecule has 2 heterocycles. The van der Waals surface area contributed by atoms with E-state index in [-0.39, 0.29) is 9.41 Å². The third-order valence-electron chi connectivity index (χ3n) is 2.49. The first-order valence-electron chi connectivity index (χ1n) is 4.71. The van der Waals surface area contributed by atoms with Crippen molar-refractivity contribution in [3.05, 3.63) is 0 Å². The van der Waals surface area contributed by atoms with Crippen molar-refractivity contribution < 1.29 is 32.9 Å². The zero-order chi connectivity index (χ0) is 7.52. The number of hydrogen-bond acceptors (Lipinski definition) is 2. The Balaban J connectivity index is 0.000000720. The van der Waals surface area contributed by atoms with Crippen LogP contribution >= 0.6 is 0 Å². The van der Waals surface area contributed by atoms with Crippen molar-refractivity contribution in [3.8, 4) is 0 Å². The Kier molecular flexibility index (Phi) is 7.36. The molecule has 0 aromatic rings. The summed E-state index contributed by atoms with van der Waals surface area (Å²) >= 11 is -0.457. The Morgan fingerprint density at radius 3 is 1.23 bits per heavy atom. The average molecular weight is 357 g/mol. The fourth-order valence-electron chi connectivity index (χ4n) is 1.83. The van der Waals surface area contributed by atoms with Crippen molar-refractivity contribution in [2.24, 2.45) is 0 Å². The summed E-state index contributed by atoms with van der Waals surface area (Å²) in [5.41, 5.74) is 0. The number of nitrogens with zero attached hydrogens (tertiary/aromatic N) is 2. The summed E-state index contributed by atoms with van der Waals surface area (Å²) in [6.45, 7) is 5.72. The zero-order valence-corrected chi connectivity index (χ0v) is 11.4. The van der Waals surface area contributed by atoms with Crippen molar-refractivity contribution in [1.82, 2.24) is 5.78 Å². The Hall–Kier alpha value is 0.650. The van der Waals surface area contributed by atoms with E-state index in [1.807, 2.05) is 0 Å². The average Bonchev–Trinajstić information content (AvgIpc) is 2.60. The van der Waals surface area contributed by atoms with Crippen LogP contribution in [-0.4, -0.2) is 32.0 Å². The second-order valence-corrected chi connectivity index (χ2v) is 8.75. The van der Waals surface area contributed by atoms with Gasteiger partial charge in [-0.1, -0.05) is 0 Å². The Labute approximate surface area is 90.5 Å². The molecule has 0 atom stereocenters. The smallest absolute Gasteiger partial charge is 1.00 e. The second kappa shape index (κ2) is 7.01. The summed E-state index contributed by atoms with van der Waals surface area (Å²) < 4.78 is 5.57. The molecule has 2 aliphatic rings. The van der Waals surface area contributed by atoms with Gasteiger partial charge in [0.2, 0.25) is 0 Å². The van der Waals surface area contributed by atoms with Crippen LogP contribution in [0, 0.1) is 0 Å². The third kappa shape index (κ3) is 4.13. The zero-order valence-electron chi connectivity index (χ0n) is 7.81. The van der Waals surface area contributed by atoms with Gasteiger partial charge in [-0.3, -0.25) is 0 Å². The van der Waals surface area contributed by atoms with Gasteiger partial charge in [-0.15, -0.1) is 0 Å². The molecule has 0 bridgehead atoms. The van der Waals surface area contributed by atoms with Gasteiger partial charge in [-0.2, -0.15) is 0 Å². The largest absolute Gasteiger partial charge is 1.00 e. The van der Waals surface area contributed by atoms with Crippen LogP contribution in [0.1, 0.15) is 25.7 Å². The number of halogens is 2. The van der Waals surface area contributed by atoms with Crippen LogP contribution < -0.4 is 9.41 Å². The molecule has 2 saturated heterocycles. The first kappa shape index (κ1) is 13.7. The normalized spacial score (nSPS) is 23.4. The summed E-state index contributed by atoms with van der Waals surface area (Å²) in [6.07, 6.45) is 5.89. The molecule has 0 aromatic carbocycles. The topological polar surface area (TPSA) is 6.48 Å². The van der Waals surface area contributed by atoms with E-state index in [2.05, 4.69) is 5.78 Å². The molecule has 76 valence electrons. The van der Waals surface area contributed by atoms with E-state index in [0.717, 1.165) is 0 Å². The minimum Gasteiger partial charge on any atom is -1.00 e. The summed E-state index contributed by atoms with van der Waals surface area (Å²) in [5.74, 6) is 0. The van der Waals surface area contributed by atoms with Crippen molar-refractivity contribution in [3.63, 3.8) is 0 Å². The minimum absolute atomic E-state index is 0. The van der Waals surface area contributed by atoms with Gasteiger partial charge in [-0.05, 0) is 0 Å². The summed E-state index contributed by atoms with van der Waals surface area (Å²) in [4.78, 5) is 0. The molecule has 2 nitrogen and oxygen atoms in total. The molecule has 0 N–H and O–H groups in total. The van der Waals surface area contributed by atoms with Gasteiger partial charge >= 0.3 is 81.1 Å². The second-order valence-electron chi connectivity index (χ2n) is 3.49. The number of rotatable bonds is 2. The maximum atomic E-state index is 2.78. The van der Waals surface area contributed by atoms with E-state index in [0.29, 0.717) is 0 Å². The molecule has 0 unspecified atom stereocenters. The fraction of sp³-hybridized carbons (Fsp3) is 1.00. The molecule has 13 heavy (non-hydrogen) atoms. The molecule has 2 fully saturated rings. The molecule has 0 saturated carbocycles. The van der Waals surface area contributed by atoms with Crippen molar-refractivity contribution in [2.45, 2.75) is 25.7 Å². The van der Waals surface area contributed by atoms with E-state index in [9.17, 15) is 0 Å². The van der Waals surface area contributed by atoms with Crippen molar-refractivity contribution >= 4 is 0 Å². The fourth-order valence-corrected chi connectivity index (χ4v) is 6.98. The SMILES string of the molecule is C1CC[N]([Hf+2][N]2CCCC2)C1.[F-].[F-]. The summed E-state index contributed by atoms with van der Waals surface area (Å²) in [6, 6.07) is 0. The first-order chi connectivity index (χ1) is 5.45. The summed E-state index contributed by atoms with van der Waals surface area (Å²) in [5, 5.41) is 0. The van der Waals surface area contributed by atoms with Gasteiger partial charge in [0.05, 0.1) is 0 Å². The van der Waals surface area contributed by atoms with E-state index in [1.165, 1.54) is 51.9 Å². The van der Waals surface area contributed by atoms with Crippen LogP contribution in [-0.2, 0) is 23.5 Å². The van der Waals surface area contributed by atoms with Gasteiger partial charge in [0.25, 0.3) is 0 Å². The molecule has 0 radical (unpaired) electrons. The van der Waals surface area contributed by atoms with Crippen LogP contribution in [0.2, 0.25) is 0 Å². The van der Waals surface area contributed by atoms with Crippen LogP contribution in [0.5, 0.6) is 0 Å². The Morgan fingerprint density at radius 1 is 0.615 bits per heavy atom. The molecular formula is C8H16F2HfN2. The summed E-state index contributed by atoms with van der Waals surface area (Å²) in [7, 11) is 0. The van der Waals surface area contributed by atoms with Gasteiger partial charge in [-0.25, -0.2) is 0 Å². The molecule has 5 heteroatoms. The van der Waals surface area contributed by atoms with Crippen molar-refractivity contribution in [2.75, 3.05) is 26.2 Å². The quantitative estimate of drug-likeness (QED) is 0.458. The Morgan fingerprint density at radius 2 is 0.923 bits per heavy atom. The molecule has 0 amide bonds. The van der Waals surface area contributed by atoms with E-state index in [4.69, 9.17) is 0 Å². The van der Waals surface area contributed by atoms with Gasteiger partial charge < -0.3 is 9.41 Å². The predicted octanol–water partition coefficient (Wildman–Crippen LogP) is -4.90. The minimum atomic E-state index is -0.457. The molecule has 0 aliphatic carbocycles. The van der Waals surface area contributed by atoms with Crippen molar-refractivity contribution in [1.29, 1.82) is 0 Å². The molecule has 2 rings (SSSR count). The maximum absolute atomic E-state index is 2.78. The standard InChI is InChI=1S/2C4H8N.2FH.Hf/c2*1-2-4-5-3-1;;;/h2*1-4H2;2*1H;/q2*-1;;;+4/p-2. The number of hydrogen-bond donors (Lipinski definition) is 0. The molecular weight excluding hydrogens is 341 g/mol. The maximum Gasteiger partial charge on any atom is -1.00 e. The predicted molar refractivity (Wildman–Crippen MR) is 41.6 cm³/mol. The van der Waals surface area contributed by atoms with Crippen LogP contribution in [0.4, 0.5) is 0 Å². The molecule has 0 aromatic heterocycles. The van der Waals surface area contributed by atoms with Crippen LogP contribution in [0.15, 0.2) is 0 Å². The monoisotopic (exact) mass is 358 g/mol. The van der Waals surface area contributed by atoms with E-state index < -0.39 is 23.5 Å².